The lowest BCUT2D eigenvalue weighted by molar-refractivity contribution is 0.182. The molecule has 0 saturated heterocycles. The van der Waals surface area contributed by atoms with Gasteiger partial charge in [0.25, 0.3) is 0 Å². The molecule has 1 aromatic carbocycles. The Morgan fingerprint density at radius 1 is 1.19 bits per heavy atom. The fourth-order valence-electron chi connectivity index (χ4n) is 2.23. The summed E-state index contributed by atoms with van der Waals surface area (Å²) in [5.74, 6) is 0. The Hall–Kier alpha value is -1.23. The van der Waals surface area contributed by atoms with E-state index in [1.165, 1.54) is 16.0 Å². The molecule has 1 aromatic heterocycles. The van der Waals surface area contributed by atoms with Crippen molar-refractivity contribution in [3.63, 3.8) is 0 Å². The van der Waals surface area contributed by atoms with E-state index in [2.05, 4.69) is 50.4 Å². The van der Waals surface area contributed by atoms with Crippen molar-refractivity contribution < 1.29 is 5.11 Å². The van der Waals surface area contributed by atoms with E-state index in [0.717, 1.165) is 23.7 Å². The van der Waals surface area contributed by atoms with Crippen molar-refractivity contribution in [3.05, 3.63) is 40.4 Å². The lowest BCUT2D eigenvalue weighted by Crippen LogP contribution is -2.22. The Kier molecular flexibility index (Phi) is 5.51. The first-order chi connectivity index (χ1) is 9.97. The fourth-order valence-corrected chi connectivity index (χ4v) is 3.33. The third-order valence-corrected chi connectivity index (χ3v) is 4.93. The van der Waals surface area contributed by atoms with Gasteiger partial charge >= 0.3 is 0 Å². The fraction of sp³-hybridized carbons (Fsp3) is 0.471. The maximum atomic E-state index is 9.32. The van der Waals surface area contributed by atoms with Crippen LogP contribution < -0.4 is 5.32 Å². The van der Waals surface area contributed by atoms with Crippen molar-refractivity contribution in [2.24, 2.45) is 0 Å². The van der Waals surface area contributed by atoms with Gasteiger partial charge in [0.2, 0.25) is 0 Å². The molecule has 21 heavy (non-hydrogen) atoms. The van der Waals surface area contributed by atoms with Crippen LogP contribution in [0.3, 0.4) is 0 Å². The van der Waals surface area contributed by atoms with E-state index in [4.69, 9.17) is 4.98 Å². The average Bonchev–Trinajstić information content (AvgIpc) is 2.81. The van der Waals surface area contributed by atoms with Crippen LogP contribution in [0.15, 0.2) is 24.3 Å². The van der Waals surface area contributed by atoms with Gasteiger partial charge in [-0.1, -0.05) is 29.8 Å². The zero-order valence-corrected chi connectivity index (χ0v) is 14.0. The quantitative estimate of drug-likeness (QED) is 0.852. The van der Waals surface area contributed by atoms with Crippen molar-refractivity contribution in [1.29, 1.82) is 0 Å². The number of hydrogen-bond acceptors (Lipinski definition) is 4. The summed E-state index contributed by atoms with van der Waals surface area (Å²) >= 11 is 1.75. The zero-order chi connectivity index (χ0) is 15.4. The lowest BCUT2D eigenvalue weighted by atomic mass is 10.2. The number of rotatable bonds is 6. The van der Waals surface area contributed by atoms with E-state index in [-0.39, 0.29) is 12.1 Å². The molecule has 0 spiro atoms. The number of aromatic nitrogens is 1. The average molecular weight is 304 g/mol. The van der Waals surface area contributed by atoms with Crippen LogP contribution in [0.1, 0.15) is 42.4 Å². The molecule has 0 aliphatic heterocycles. The summed E-state index contributed by atoms with van der Waals surface area (Å²) in [6.07, 6.45) is 0.517. The van der Waals surface area contributed by atoms with Gasteiger partial charge < -0.3 is 10.4 Å². The highest BCUT2D eigenvalue weighted by molar-refractivity contribution is 7.15. The number of nitrogens with one attached hydrogen (secondary N) is 1. The van der Waals surface area contributed by atoms with Crippen molar-refractivity contribution in [2.45, 2.75) is 46.3 Å². The summed E-state index contributed by atoms with van der Waals surface area (Å²) in [6.45, 7) is 8.95. The number of aliphatic hydroxyl groups is 1. The van der Waals surface area contributed by atoms with Crippen LogP contribution in [0.2, 0.25) is 0 Å². The number of benzene rings is 1. The maximum absolute atomic E-state index is 9.32. The lowest BCUT2D eigenvalue weighted by Gasteiger charge is -2.13. The van der Waals surface area contributed by atoms with Crippen molar-refractivity contribution in [2.75, 3.05) is 6.54 Å². The first kappa shape index (κ1) is 16.1. The Balaban J connectivity index is 2.09. The Morgan fingerprint density at radius 2 is 1.86 bits per heavy atom. The monoisotopic (exact) mass is 304 g/mol. The maximum Gasteiger partial charge on any atom is 0.123 e. The smallest absolute Gasteiger partial charge is 0.123 e. The van der Waals surface area contributed by atoms with Crippen molar-refractivity contribution in [3.8, 4) is 10.6 Å². The minimum absolute atomic E-state index is 0.254. The van der Waals surface area contributed by atoms with E-state index in [1.54, 1.807) is 11.3 Å². The summed E-state index contributed by atoms with van der Waals surface area (Å²) < 4.78 is 0. The van der Waals surface area contributed by atoms with E-state index < -0.39 is 0 Å². The molecule has 0 radical (unpaired) electrons. The highest BCUT2D eigenvalue weighted by atomic mass is 32.1. The second kappa shape index (κ2) is 7.16. The van der Waals surface area contributed by atoms with Crippen LogP contribution in [0.5, 0.6) is 0 Å². The zero-order valence-electron chi connectivity index (χ0n) is 13.2. The molecule has 2 atom stereocenters. The molecular formula is C17H24N2OS. The van der Waals surface area contributed by atoms with Gasteiger partial charge in [0, 0.05) is 16.5 Å². The Bertz CT molecular complexity index is 575. The Labute approximate surface area is 131 Å². The second-order valence-corrected chi connectivity index (χ2v) is 6.68. The van der Waals surface area contributed by atoms with Crippen LogP contribution in [0.25, 0.3) is 10.6 Å². The van der Waals surface area contributed by atoms with Crippen LogP contribution in [0, 0.1) is 13.8 Å². The van der Waals surface area contributed by atoms with Gasteiger partial charge in [0.05, 0.1) is 11.8 Å². The summed E-state index contributed by atoms with van der Waals surface area (Å²) in [6, 6.07) is 8.76. The molecule has 0 amide bonds. The van der Waals surface area contributed by atoms with Gasteiger partial charge in [-0.05, 0) is 40.7 Å². The molecule has 0 aliphatic carbocycles. The molecule has 0 saturated carbocycles. The second-order valence-electron chi connectivity index (χ2n) is 5.65. The molecule has 0 bridgehead atoms. The summed E-state index contributed by atoms with van der Waals surface area (Å²) in [5, 5.41) is 13.8. The number of aliphatic hydroxyl groups excluding tert-OH is 1. The molecule has 114 valence electrons. The Morgan fingerprint density at radius 3 is 2.48 bits per heavy atom. The topological polar surface area (TPSA) is 45.2 Å². The van der Waals surface area contributed by atoms with E-state index >= 15 is 0 Å². The van der Waals surface area contributed by atoms with E-state index in [1.807, 2.05) is 6.92 Å². The largest absolute Gasteiger partial charge is 0.393 e. The summed E-state index contributed by atoms with van der Waals surface area (Å²) in [4.78, 5) is 5.98. The predicted octanol–water partition coefficient (Wildman–Crippen LogP) is 3.85. The summed E-state index contributed by atoms with van der Waals surface area (Å²) in [5.41, 5.74) is 3.53. The predicted molar refractivity (Wildman–Crippen MR) is 89.7 cm³/mol. The number of aryl methyl sites for hydroxylation is 2. The van der Waals surface area contributed by atoms with Crippen LogP contribution in [-0.2, 0) is 0 Å². The molecule has 4 heteroatoms. The van der Waals surface area contributed by atoms with Gasteiger partial charge in [-0.2, -0.15) is 0 Å². The number of hydrogen-bond donors (Lipinski definition) is 2. The van der Waals surface area contributed by atoms with Gasteiger partial charge in [-0.15, -0.1) is 11.3 Å². The molecule has 3 nitrogen and oxygen atoms in total. The minimum atomic E-state index is -0.254. The molecule has 1 heterocycles. The van der Waals surface area contributed by atoms with Crippen molar-refractivity contribution >= 4 is 11.3 Å². The third kappa shape index (κ3) is 4.37. The summed E-state index contributed by atoms with van der Waals surface area (Å²) in [7, 11) is 0. The SMILES string of the molecule is Cc1ccc(-c2nc(C)c(C(C)NCCC(C)O)s2)cc1. The third-order valence-electron chi connectivity index (χ3n) is 3.54. The molecular weight excluding hydrogens is 280 g/mol. The molecule has 0 fully saturated rings. The normalized spacial score (nSPS) is 14.1. The van der Waals surface area contributed by atoms with E-state index in [9.17, 15) is 5.11 Å². The standard InChI is InChI=1S/C17H24N2OS/c1-11-5-7-15(8-6-11)17-19-14(4)16(21-17)13(3)18-10-9-12(2)20/h5-8,12-13,18,20H,9-10H2,1-4H3. The van der Waals surface area contributed by atoms with Crippen molar-refractivity contribution in [1.82, 2.24) is 10.3 Å². The molecule has 2 aromatic rings. The molecule has 0 aliphatic rings. The highest BCUT2D eigenvalue weighted by Gasteiger charge is 2.15. The number of nitrogens with zero attached hydrogens (tertiary/aromatic N) is 1. The van der Waals surface area contributed by atoms with E-state index in [0.29, 0.717) is 0 Å². The van der Waals surface area contributed by atoms with Gasteiger partial charge in [0.15, 0.2) is 0 Å². The van der Waals surface area contributed by atoms with Gasteiger partial charge in [-0.3, -0.25) is 0 Å². The molecule has 2 unspecified atom stereocenters. The highest BCUT2D eigenvalue weighted by Crippen LogP contribution is 2.31. The van der Waals surface area contributed by atoms with Gasteiger partial charge in [0.1, 0.15) is 5.01 Å². The van der Waals surface area contributed by atoms with Crippen LogP contribution in [0.4, 0.5) is 0 Å². The number of thiazole rings is 1. The van der Waals surface area contributed by atoms with Crippen LogP contribution >= 0.6 is 11.3 Å². The molecule has 2 rings (SSSR count). The first-order valence-corrected chi connectivity index (χ1v) is 8.25. The first-order valence-electron chi connectivity index (χ1n) is 7.43. The van der Waals surface area contributed by atoms with Gasteiger partial charge in [-0.25, -0.2) is 4.98 Å². The minimum Gasteiger partial charge on any atom is -0.393 e. The van der Waals surface area contributed by atoms with Crippen LogP contribution in [-0.4, -0.2) is 22.7 Å². The molecule has 2 N–H and O–H groups in total.